The fourth-order valence-corrected chi connectivity index (χ4v) is 2.41. The van der Waals surface area contributed by atoms with E-state index in [0.717, 1.165) is 16.1 Å². The average molecular weight is 244 g/mol. The number of hydrogen-bond donors (Lipinski definition) is 1. The smallest absolute Gasteiger partial charge is 0.251 e. The number of benzene rings is 1. The van der Waals surface area contributed by atoms with Crippen LogP contribution in [0.25, 0.3) is 16.8 Å². The van der Waals surface area contributed by atoms with Crippen molar-refractivity contribution in [3.8, 4) is 11.3 Å². The third kappa shape index (κ3) is 2.26. The highest BCUT2D eigenvalue weighted by Gasteiger charge is 2.14. The van der Waals surface area contributed by atoms with Crippen LogP contribution in [0.4, 0.5) is 0 Å². The zero-order chi connectivity index (χ0) is 12.4. The maximum atomic E-state index is 11.0. The molecule has 1 aromatic carbocycles. The number of rotatable bonds is 3. The maximum absolute atomic E-state index is 11.0. The Bertz CT molecular complexity index is 572. The van der Waals surface area contributed by atoms with Crippen molar-refractivity contribution in [2.24, 2.45) is 5.73 Å². The molecule has 0 spiro atoms. The summed E-state index contributed by atoms with van der Waals surface area (Å²) in [6.45, 7) is 5.62. The number of nitrogens with two attached hydrogens (primary N) is 1. The Labute approximate surface area is 104 Å². The molecular formula is C13H12N2OS. The lowest BCUT2D eigenvalue weighted by Gasteiger charge is -1.97. The number of nitrogens with zero attached hydrogens (tertiary/aromatic N) is 1. The zero-order valence-corrected chi connectivity index (χ0v) is 10.3. The molecule has 4 heteroatoms. The van der Waals surface area contributed by atoms with Crippen LogP contribution in [-0.4, -0.2) is 10.9 Å². The van der Waals surface area contributed by atoms with Gasteiger partial charge in [-0.15, -0.1) is 11.3 Å². The van der Waals surface area contributed by atoms with E-state index in [1.165, 1.54) is 11.3 Å². The molecule has 2 aromatic rings. The van der Waals surface area contributed by atoms with Crippen molar-refractivity contribution in [2.75, 3.05) is 0 Å². The van der Waals surface area contributed by atoms with Gasteiger partial charge in [-0.2, -0.15) is 0 Å². The second-order valence-corrected chi connectivity index (χ2v) is 4.84. The number of thiazole rings is 1. The van der Waals surface area contributed by atoms with Gasteiger partial charge in [-0.25, -0.2) is 4.98 Å². The van der Waals surface area contributed by atoms with E-state index in [2.05, 4.69) is 11.6 Å². The Morgan fingerprint density at radius 2 is 2.00 bits per heavy atom. The number of carbonyl (C=O) groups excluding carboxylic acids is 1. The summed E-state index contributed by atoms with van der Waals surface area (Å²) in [7, 11) is 0. The van der Waals surface area contributed by atoms with Crippen molar-refractivity contribution in [1.29, 1.82) is 0 Å². The second kappa shape index (κ2) is 4.51. The summed E-state index contributed by atoms with van der Waals surface area (Å²) in [5.74, 6) is -0.529. The number of hydrogen-bond acceptors (Lipinski definition) is 3. The van der Waals surface area contributed by atoms with E-state index in [4.69, 9.17) is 5.73 Å². The van der Waals surface area contributed by atoms with E-state index in [1.54, 1.807) is 0 Å². The zero-order valence-electron chi connectivity index (χ0n) is 9.43. The van der Waals surface area contributed by atoms with E-state index in [-0.39, 0.29) is 5.57 Å². The lowest BCUT2D eigenvalue weighted by atomic mass is 10.1. The van der Waals surface area contributed by atoms with Crippen LogP contribution in [-0.2, 0) is 4.79 Å². The van der Waals surface area contributed by atoms with E-state index >= 15 is 0 Å². The molecule has 0 saturated carbocycles. The largest absolute Gasteiger partial charge is 0.366 e. The van der Waals surface area contributed by atoms with Crippen LogP contribution in [0.5, 0.6) is 0 Å². The highest BCUT2D eigenvalue weighted by Crippen LogP contribution is 2.30. The van der Waals surface area contributed by atoms with Gasteiger partial charge in [0.2, 0.25) is 0 Å². The van der Waals surface area contributed by atoms with Crippen molar-refractivity contribution in [2.45, 2.75) is 6.92 Å². The Hall–Kier alpha value is -1.94. The van der Waals surface area contributed by atoms with Gasteiger partial charge < -0.3 is 5.73 Å². The lowest BCUT2D eigenvalue weighted by molar-refractivity contribution is -0.112. The number of carbonyl (C=O) groups is 1. The Morgan fingerprint density at radius 3 is 2.59 bits per heavy atom. The summed E-state index contributed by atoms with van der Waals surface area (Å²) in [6, 6.07) is 9.83. The average Bonchev–Trinajstić information content (AvgIpc) is 2.71. The van der Waals surface area contributed by atoms with Crippen molar-refractivity contribution >= 4 is 22.8 Å². The molecule has 0 bridgehead atoms. The van der Waals surface area contributed by atoms with Crippen molar-refractivity contribution in [3.05, 3.63) is 46.8 Å². The quantitative estimate of drug-likeness (QED) is 0.844. The minimum atomic E-state index is -0.529. The predicted octanol–water partition coefficient (Wildman–Crippen LogP) is 2.62. The molecule has 2 rings (SSSR count). The van der Waals surface area contributed by atoms with Crippen LogP contribution in [0.15, 0.2) is 36.9 Å². The molecule has 0 saturated heterocycles. The lowest BCUT2D eigenvalue weighted by Crippen LogP contribution is -2.11. The fourth-order valence-electron chi connectivity index (χ4n) is 1.49. The predicted molar refractivity (Wildman–Crippen MR) is 70.5 cm³/mol. The minimum Gasteiger partial charge on any atom is -0.366 e. The Kier molecular flexibility index (Phi) is 3.06. The van der Waals surface area contributed by atoms with Crippen LogP contribution < -0.4 is 5.73 Å². The van der Waals surface area contributed by atoms with Crippen LogP contribution in [0, 0.1) is 6.92 Å². The molecular weight excluding hydrogens is 232 g/mol. The van der Waals surface area contributed by atoms with Crippen LogP contribution >= 0.6 is 11.3 Å². The molecule has 0 unspecified atom stereocenters. The summed E-state index contributed by atoms with van der Waals surface area (Å²) in [4.78, 5) is 16.5. The summed E-state index contributed by atoms with van der Waals surface area (Å²) in [5.41, 5.74) is 7.37. The first kappa shape index (κ1) is 11.5. The molecule has 1 aromatic heterocycles. The normalized spacial score (nSPS) is 10.2. The van der Waals surface area contributed by atoms with Gasteiger partial charge in [0.05, 0.1) is 11.3 Å². The number of aromatic nitrogens is 1. The van der Waals surface area contributed by atoms with Crippen molar-refractivity contribution in [3.63, 3.8) is 0 Å². The molecule has 0 atom stereocenters. The monoisotopic (exact) mass is 244 g/mol. The summed E-state index contributed by atoms with van der Waals surface area (Å²) in [5, 5.41) is 0.592. The molecule has 0 radical (unpaired) electrons. The van der Waals surface area contributed by atoms with Gasteiger partial charge in [0.15, 0.2) is 0 Å². The van der Waals surface area contributed by atoms with Gasteiger partial charge in [0, 0.05) is 10.4 Å². The molecule has 0 aliphatic carbocycles. The highest BCUT2D eigenvalue weighted by molar-refractivity contribution is 7.13. The Balaban J connectivity index is 2.45. The summed E-state index contributed by atoms with van der Waals surface area (Å²) < 4.78 is 0. The molecule has 2 N–H and O–H groups in total. The SMILES string of the molecule is C=C(C(N)=O)c1nc(-c2ccccc2)c(C)s1. The molecule has 86 valence electrons. The first-order valence-corrected chi connectivity index (χ1v) is 5.93. The first-order chi connectivity index (χ1) is 8.09. The fraction of sp³-hybridized carbons (Fsp3) is 0.0769. The van der Waals surface area contributed by atoms with Crippen molar-refractivity contribution in [1.82, 2.24) is 4.98 Å². The van der Waals surface area contributed by atoms with Crippen LogP contribution in [0.3, 0.4) is 0 Å². The molecule has 1 amide bonds. The summed E-state index contributed by atoms with van der Waals surface area (Å²) in [6.07, 6.45) is 0. The first-order valence-electron chi connectivity index (χ1n) is 5.11. The Morgan fingerprint density at radius 1 is 1.35 bits per heavy atom. The van der Waals surface area contributed by atoms with Gasteiger partial charge in [-0.05, 0) is 6.92 Å². The molecule has 0 aliphatic heterocycles. The third-order valence-corrected chi connectivity index (χ3v) is 3.43. The molecule has 17 heavy (non-hydrogen) atoms. The van der Waals surface area contributed by atoms with Crippen LogP contribution in [0.2, 0.25) is 0 Å². The van der Waals surface area contributed by atoms with E-state index in [1.807, 2.05) is 37.3 Å². The highest BCUT2D eigenvalue weighted by atomic mass is 32.1. The van der Waals surface area contributed by atoms with Crippen molar-refractivity contribution < 1.29 is 4.79 Å². The number of primary amides is 1. The van der Waals surface area contributed by atoms with Crippen LogP contribution in [0.1, 0.15) is 9.88 Å². The van der Waals surface area contributed by atoms with Gasteiger partial charge in [-0.1, -0.05) is 36.9 Å². The molecule has 0 aliphatic rings. The number of amides is 1. The van der Waals surface area contributed by atoms with Gasteiger partial charge in [0.25, 0.3) is 5.91 Å². The maximum Gasteiger partial charge on any atom is 0.251 e. The minimum absolute atomic E-state index is 0.264. The topological polar surface area (TPSA) is 56.0 Å². The van der Waals surface area contributed by atoms with Gasteiger partial charge >= 0.3 is 0 Å². The molecule has 3 nitrogen and oxygen atoms in total. The standard InChI is InChI=1S/C13H12N2OS/c1-8(12(14)16)13-15-11(9(2)17-13)10-6-4-3-5-7-10/h3-7H,1H2,2H3,(H2,14,16). The summed E-state index contributed by atoms with van der Waals surface area (Å²) >= 11 is 1.43. The van der Waals surface area contributed by atoms with E-state index < -0.39 is 5.91 Å². The number of aryl methyl sites for hydroxylation is 1. The van der Waals surface area contributed by atoms with E-state index in [0.29, 0.717) is 5.01 Å². The second-order valence-electron chi connectivity index (χ2n) is 3.63. The molecule has 0 fully saturated rings. The van der Waals surface area contributed by atoms with Gasteiger partial charge in [0.1, 0.15) is 5.01 Å². The van der Waals surface area contributed by atoms with Gasteiger partial charge in [-0.3, -0.25) is 4.79 Å². The molecule has 1 heterocycles. The van der Waals surface area contributed by atoms with E-state index in [9.17, 15) is 4.79 Å². The third-order valence-electron chi connectivity index (χ3n) is 2.40.